The third-order valence-electron chi connectivity index (χ3n) is 2.22. The zero-order chi connectivity index (χ0) is 13.6. The van der Waals surface area contributed by atoms with Crippen molar-refractivity contribution < 1.29 is 22.0 Å². The topological polar surface area (TPSA) is 17.8 Å². The molecule has 98 valence electrons. The molecular weight excluding hydrogens is 243 g/mol. The molecule has 0 bridgehead atoms. The fourth-order valence-corrected chi connectivity index (χ4v) is 1.61. The van der Waals surface area contributed by atoms with E-state index >= 15 is 0 Å². The van der Waals surface area contributed by atoms with Crippen molar-refractivity contribution in [3.63, 3.8) is 0 Å². The molecule has 0 saturated carbocycles. The molecule has 0 fully saturated rings. The van der Waals surface area contributed by atoms with E-state index in [1.54, 1.807) is 0 Å². The highest BCUT2D eigenvalue weighted by Crippen LogP contribution is 2.40. The predicted molar refractivity (Wildman–Crippen MR) is 51.9 cm³/mol. The molecule has 0 aliphatic heterocycles. The Bertz CT molecular complexity index is 412. The lowest BCUT2D eigenvalue weighted by Crippen LogP contribution is -2.26. The SMILES string of the molecule is Cc1nn(C(C)(C)C)c(C(F)F)c1C(F)(F)F. The first kappa shape index (κ1) is 13.9. The zero-order valence-corrected chi connectivity index (χ0v) is 9.86. The lowest BCUT2D eigenvalue weighted by Gasteiger charge is -2.22. The van der Waals surface area contributed by atoms with Crippen molar-refractivity contribution in [1.82, 2.24) is 9.78 Å². The van der Waals surface area contributed by atoms with Crippen LogP contribution in [0.15, 0.2) is 0 Å². The summed E-state index contributed by atoms with van der Waals surface area (Å²) in [5.74, 6) is 0. The van der Waals surface area contributed by atoms with E-state index < -0.39 is 35.1 Å². The number of rotatable bonds is 1. The highest BCUT2D eigenvalue weighted by atomic mass is 19.4. The van der Waals surface area contributed by atoms with Crippen molar-refractivity contribution in [2.45, 2.75) is 45.8 Å². The summed E-state index contributed by atoms with van der Waals surface area (Å²) in [6.07, 6.45) is -8.04. The number of hydrogen-bond acceptors (Lipinski definition) is 1. The van der Waals surface area contributed by atoms with Crippen molar-refractivity contribution in [1.29, 1.82) is 0 Å². The maximum atomic E-state index is 12.8. The minimum Gasteiger partial charge on any atom is -0.258 e. The molecule has 0 unspecified atom stereocenters. The molecule has 0 spiro atoms. The van der Waals surface area contributed by atoms with E-state index in [2.05, 4.69) is 5.10 Å². The van der Waals surface area contributed by atoms with Crippen LogP contribution in [0.5, 0.6) is 0 Å². The Labute approximate surface area is 95.4 Å². The summed E-state index contributed by atoms with van der Waals surface area (Å²) in [5.41, 5.74) is -3.76. The van der Waals surface area contributed by atoms with Gasteiger partial charge < -0.3 is 0 Å². The van der Waals surface area contributed by atoms with Gasteiger partial charge in [-0.2, -0.15) is 18.3 Å². The fourth-order valence-electron chi connectivity index (χ4n) is 1.61. The van der Waals surface area contributed by atoms with Crippen LogP contribution in [0.25, 0.3) is 0 Å². The molecule has 17 heavy (non-hydrogen) atoms. The van der Waals surface area contributed by atoms with E-state index in [1.807, 2.05) is 0 Å². The molecule has 0 radical (unpaired) electrons. The van der Waals surface area contributed by atoms with E-state index in [0.717, 1.165) is 11.6 Å². The molecule has 1 aromatic heterocycles. The number of halogens is 5. The van der Waals surface area contributed by atoms with Crippen LogP contribution in [-0.4, -0.2) is 9.78 Å². The lowest BCUT2D eigenvalue weighted by molar-refractivity contribution is -0.140. The number of aryl methyl sites for hydroxylation is 1. The van der Waals surface area contributed by atoms with Gasteiger partial charge >= 0.3 is 6.18 Å². The van der Waals surface area contributed by atoms with Crippen LogP contribution in [0.2, 0.25) is 0 Å². The molecule has 0 aliphatic rings. The van der Waals surface area contributed by atoms with Crippen molar-refractivity contribution in [3.05, 3.63) is 17.0 Å². The molecule has 0 aromatic carbocycles. The standard InChI is InChI=1S/C10H13F5N2/c1-5-6(10(13,14)15)7(8(11)12)17(16-5)9(2,3)4/h8H,1-4H3. The van der Waals surface area contributed by atoms with Crippen LogP contribution >= 0.6 is 0 Å². The zero-order valence-electron chi connectivity index (χ0n) is 9.86. The molecule has 1 aromatic rings. The van der Waals surface area contributed by atoms with Gasteiger partial charge in [-0.3, -0.25) is 4.68 Å². The molecule has 1 rings (SSSR count). The van der Waals surface area contributed by atoms with Crippen LogP contribution in [0.4, 0.5) is 22.0 Å². The summed E-state index contributed by atoms with van der Waals surface area (Å²) >= 11 is 0. The quantitative estimate of drug-likeness (QED) is 0.697. The van der Waals surface area contributed by atoms with Crippen LogP contribution < -0.4 is 0 Å². The summed E-state index contributed by atoms with van der Waals surface area (Å²) in [6, 6.07) is 0. The molecule has 7 heteroatoms. The summed E-state index contributed by atoms with van der Waals surface area (Å²) < 4.78 is 64.4. The Hall–Kier alpha value is -1.14. The fraction of sp³-hybridized carbons (Fsp3) is 0.700. The molecule has 2 nitrogen and oxygen atoms in total. The van der Waals surface area contributed by atoms with Gasteiger partial charge in [0.25, 0.3) is 6.43 Å². The number of nitrogens with zero attached hydrogens (tertiary/aromatic N) is 2. The highest BCUT2D eigenvalue weighted by molar-refractivity contribution is 5.30. The molecule has 0 amide bonds. The maximum absolute atomic E-state index is 12.8. The van der Waals surface area contributed by atoms with Gasteiger partial charge in [-0.05, 0) is 27.7 Å². The van der Waals surface area contributed by atoms with Crippen molar-refractivity contribution in [2.75, 3.05) is 0 Å². The van der Waals surface area contributed by atoms with Gasteiger partial charge in [0.15, 0.2) is 0 Å². The van der Waals surface area contributed by atoms with E-state index in [1.165, 1.54) is 20.8 Å². The normalized spacial score (nSPS) is 13.5. The maximum Gasteiger partial charge on any atom is 0.420 e. The second-order valence-electron chi connectivity index (χ2n) is 4.73. The third kappa shape index (κ3) is 2.58. The second kappa shape index (κ2) is 3.96. The van der Waals surface area contributed by atoms with Gasteiger partial charge in [0.05, 0.1) is 11.2 Å². The number of alkyl halides is 5. The third-order valence-corrected chi connectivity index (χ3v) is 2.22. The van der Waals surface area contributed by atoms with E-state index in [4.69, 9.17) is 0 Å². The lowest BCUT2D eigenvalue weighted by atomic mass is 10.1. The van der Waals surface area contributed by atoms with Gasteiger partial charge in [0, 0.05) is 0 Å². The highest BCUT2D eigenvalue weighted by Gasteiger charge is 2.42. The minimum absolute atomic E-state index is 0.428. The van der Waals surface area contributed by atoms with Gasteiger partial charge in [-0.1, -0.05) is 0 Å². The summed E-state index contributed by atoms with van der Waals surface area (Å²) in [6.45, 7) is 5.64. The molecule has 0 atom stereocenters. The first-order valence-corrected chi connectivity index (χ1v) is 4.91. The molecule has 0 aliphatic carbocycles. The van der Waals surface area contributed by atoms with Gasteiger partial charge in [-0.25, -0.2) is 8.78 Å². The van der Waals surface area contributed by atoms with Gasteiger partial charge in [0.2, 0.25) is 0 Å². The van der Waals surface area contributed by atoms with E-state index in [-0.39, 0.29) is 0 Å². The Kier molecular flexibility index (Phi) is 3.24. The Balaban J connectivity index is 3.58. The van der Waals surface area contributed by atoms with Crippen LogP contribution in [-0.2, 0) is 11.7 Å². The van der Waals surface area contributed by atoms with Crippen LogP contribution in [0, 0.1) is 6.92 Å². The van der Waals surface area contributed by atoms with Crippen molar-refractivity contribution in [3.8, 4) is 0 Å². The first-order valence-electron chi connectivity index (χ1n) is 4.91. The second-order valence-corrected chi connectivity index (χ2v) is 4.73. The molecule has 1 heterocycles. The number of hydrogen-bond donors (Lipinski definition) is 0. The first-order chi connectivity index (χ1) is 7.46. The monoisotopic (exact) mass is 256 g/mol. The smallest absolute Gasteiger partial charge is 0.258 e. The summed E-state index contributed by atoms with van der Waals surface area (Å²) in [7, 11) is 0. The molecule has 0 saturated heterocycles. The van der Waals surface area contributed by atoms with Gasteiger partial charge in [-0.15, -0.1) is 0 Å². The Morgan fingerprint density at radius 2 is 1.59 bits per heavy atom. The van der Waals surface area contributed by atoms with Crippen LogP contribution in [0.3, 0.4) is 0 Å². The average Bonchev–Trinajstić information content (AvgIpc) is 2.40. The average molecular weight is 256 g/mol. The molecular formula is C10H13F5N2. The van der Waals surface area contributed by atoms with Crippen LogP contribution in [0.1, 0.15) is 44.1 Å². The summed E-state index contributed by atoms with van der Waals surface area (Å²) in [5, 5.41) is 3.59. The number of aromatic nitrogens is 2. The summed E-state index contributed by atoms with van der Waals surface area (Å²) in [4.78, 5) is 0. The Morgan fingerprint density at radius 3 is 1.88 bits per heavy atom. The van der Waals surface area contributed by atoms with E-state index in [0.29, 0.717) is 0 Å². The van der Waals surface area contributed by atoms with Crippen molar-refractivity contribution in [2.24, 2.45) is 0 Å². The van der Waals surface area contributed by atoms with Crippen molar-refractivity contribution >= 4 is 0 Å². The largest absolute Gasteiger partial charge is 0.420 e. The van der Waals surface area contributed by atoms with E-state index in [9.17, 15) is 22.0 Å². The van der Waals surface area contributed by atoms with Gasteiger partial charge in [0.1, 0.15) is 11.3 Å². The Morgan fingerprint density at radius 1 is 1.12 bits per heavy atom. The molecule has 0 N–H and O–H groups in total. The predicted octanol–water partition coefficient (Wildman–Crippen LogP) is 3.90. The minimum atomic E-state index is -4.82.